The second-order valence-corrected chi connectivity index (χ2v) is 7.13. The highest BCUT2D eigenvalue weighted by Crippen LogP contribution is 2.15. The van der Waals surface area contributed by atoms with Crippen LogP contribution in [-0.2, 0) is 17.8 Å². The van der Waals surface area contributed by atoms with E-state index in [1.165, 1.54) is 0 Å². The number of hydrazine groups is 1. The molecule has 0 atom stereocenters. The molecule has 7 heteroatoms. The fraction of sp³-hybridized carbons (Fsp3) is 0.125. The quantitative estimate of drug-likeness (QED) is 0.475. The number of hydrogen-bond acceptors (Lipinski definition) is 4. The standard InChI is InChI=1S/C24H22N4O3/c1-17-6-5-13-28-15-20(25-23(17)28)16-31-21-11-9-19(10-12-21)24(30)27-26-22(29)14-18-7-3-2-4-8-18/h2-13,15H,14,16H2,1H3,(H,26,29)(H,27,30). The van der Waals surface area contributed by atoms with Crippen molar-refractivity contribution in [2.45, 2.75) is 20.0 Å². The lowest BCUT2D eigenvalue weighted by molar-refractivity contribution is -0.121. The number of rotatable bonds is 6. The predicted molar refractivity (Wildman–Crippen MR) is 116 cm³/mol. The van der Waals surface area contributed by atoms with Crippen molar-refractivity contribution in [2.75, 3.05) is 0 Å². The van der Waals surface area contributed by atoms with Crippen LogP contribution in [-0.4, -0.2) is 21.2 Å². The van der Waals surface area contributed by atoms with E-state index >= 15 is 0 Å². The highest BCUT2D eigenvalue weighted by atomic mass is 16.5. The van der Waals surface area contributed by atoms with Gasteiger partial charge in [0.25, 0.3) is 5.91 Å². The van der Waals surface area contributed by atoms with E-state index in [-0.39, 0.29) is 12.3 Å². The Balaban J connectivity index is 1.28. The van der Waals surface area contributed by atoms with Gasteiger partial charge < -0.3 is 9.14 Å². The van der Waals surface area contributed by atoms with Crippen LogP contribution >= 0.6 is 0 Å². The number of amides is 2. The summed E-state index contributed by atoms with van der Waals surface area (Å²) in [7, 11) is 0. The predicted octanol–water partition coefficient (Wildman–Crippen LogP) is 3.23. The van der Waals surface area contributed by atoms with Gasteiger partial charge in [0, 0.05) is 18.0 Å². The first-order valence-corrected chi connectivity index (χ1v) is 9.87. The van der Waals surface area contributed by atoms with E-state index < -0.39 is 5.91 Å². The average molecular weight is 414 g/mol. The molecule has 7 nitrogen and oxygen atoms in total. The number of ether oxygens (including phenoxy) is 1. The molecular formula is C24H22N4O3. The van der Waals surface area contributed by atoms with Crippen LogP contribution in [0, 0.1) is 6.92 Å². The van der Waals surface area contributed by atoms with Crippen molar-refractivity contribution in [1.82, 2.24) is 20.2 Å². The minimum absolute atomic E-state index is 0.191. The normalized spacial score (nSPS) is 10.6. The third-order valence-corrected chi connectivity index (χ3v) is 4.75. The number of nitrogens with zero attached hydrogens (tertiary/aromatic N) is 2. The number of imidazole rings is 1. The number of aryl methyl sites for hydroxylation is 1. The Morgan fingerprint density at radius 3 is 2.48 bits per heavy atom. The maximum Gasteiger partial charge on any atom is 0.269 e. The van der Waals surface area contributed by atoms with Crippen molar-refractivity contribution in [2.24, 2.45) is 0 Å². The van der Waals surface area contributed by atoms with Gasteiger partial charge in [0.1, 0.15) is 18.0 Å². The third-order valence-electron chi connectivity index (χ3n) is 4.75. The molecule has 0 spiro atoms. The smallest absolute Gasteiger partial charge is 0.269 e. The van der Waals surface area contributed by atoms with Crippen molar-refractivity contribution >= 4 is 17.5 Å². The van der Waals surface area contributed by atoms with Crippen LogP contribution in [0.15, 0.2) is 79.1 Å². The van der Waals surface area contributed by atoms with Crippen LogP contribution in [0.3, 0.4) is 0 Å². The van der Waals surface area contributed by atoms with Crippen LogP contribution < -0.4 is 15.6 Å². The number of hydrogen-bond donors (Lipinski definition) is 2. The van der Waals surface area contributed by atoms with Gasteiger partial charge in [0.05, 0.1) is 12.1 Å². The molecule has 0 radical (unpaired) electrons. The minimum Gasteiger partial charge on any atom is -0.487 e. The zero-order valence-electron chi connectivity index (χ0n) is 17.0. The summed E-state index contributed by atoms with van der Waals surface area (Å²) in [5.41, 5.74) is 8.96. The molecule has 0 fully saturated rings. The topological polar surface area (TPSA) is 84.7 Å². The van der Waals surface area contributed by atoms with Crippen molar-refractivity contribution in [3.8, 4) is 5.75 Å². The van der Waals surface area contributed by atoms with E-state index in [4.69, 9.17) is 4.74 Å². The Labute approximate surface area is 179 Å². The first-order chi connectivity index (χ1) is 15.1. The van der Waals surface area contributed by atoms with Crippen LogP contribution in [0.25, 0.3) is 5.65 Å². The SMILES string of the molecule is Cc1cccn2cc(COc3ccc(C(=O)NNC(=O)Cc4ccccc4)cc3)nc12. The fourth-order valence-corrected chi connectivity index (χ4v) is 3.16. The van der Waals surface area contributed by atoms with Crippen molar-refractivity contribution < 1.29 is 14.3 Å². The molecule has 2 N–H and O–H groups in total. The first kappa shape index (κ1) is 20.2. The van der Waals surface area contributed by atoms with Gasteiger partial charge in [-0.2, -0.15) is 0 Å². The number of aromatic nitrogens is 2. The monoisotopic (exact) mass is 414 g/mol. The first-order valence-electron chi connectivity index (χ1n) is 9.87. The summed E-state index contributed by atoms with van der Waals surface area (Å²) in [6.07, 6.45) is 4.07. The number of fused-ring (bicyclic) bond motifs is 1. The molecule has 4 aromatic rings. The van der Waals surface area contributed by atoms with Crippen LogP contribution in [0.4, 0.5) is 0 Å². The highest BCUT2D eigenvalue weighted by molar-refractivity contribution is 5.95. The summed E-state index contributed by atoms with van der Waals surface area (Å²) in [6.45, 7) is 2.34. The van der Waals surface area contributed by atoms with Gasteiger partial charge >= 0.3 is 0 Å². The summed E-state index contributed by atoms with van der Waals surface area (Å²) in [5.74, 6) is -0.0653. The molecule has 0 saturated heterocycles. The molecule has 2 aromatic carbocycles. The van der Waals surface area contributed by atoms with Gasteiger partial charge in [-0.3, -0.25) is 20.4 Å². The number of carbonyl (C=O) groups is 2. The molecule has 0 bridgehead atoms. The molecule has 2 aromatic heterocycles. The van der Waals surface area contributed by atoms with Gasteiger partial charge in [-0.1, -0.05) is 36.4 Å². The highest BCUT2D eigenvalue weighted by Gasteiger charge is 2.09. The van der Waals surface area contributed by atoms with Crippen LogP contribution in [0.2, 0.25) is 0 Å². The van der Waals surface area contributed by atoms with Crippen LogP contribution in [0.5, 0.6) is 5.75 Å². The molecule has 4 rings (SSSR count). The fourth-order valence-electron chi connectivity index (χ4n) is 3.16. The van der Waals surface area contributed by atoms with E-state index in [0.717, 1.165) is 22.5 Å². The largest absolute Gasteiger partial charge is 0.487 e. The van der Waals surface area contributed by atoms with E-state index in [0.29, 0.717) is 17.9 Å². The van der Waals surface area contributed by atoms with Gasteiger partial charge in [-0.15, -0.1) is 0 Å². The van der Waals surface area contributed by atoms with E-state index in [9.17, 15) is 9.59 Å². The van der Waals surface area contributed by atoms with Crippen molar-refractivity contribution in [3.05, 3.63) is 102 Å². The number of nitrogens with one attached hydrogen (secondary N) is 2. The summed E-state index contributed by atoms with van der Waals surface area (Å²) in [5, 5.41) is 0. The lowest BCUT2D eigenvalue weighted by atomic mass is 10.1. The Morgan fingerprint density at radius 1 is 0.968 bits per heavy atom. The van der Waals surface area contributed by atoms with Crippen molar-refractivity contribution in [1.29, 1.82) is 0 Å². The van der Waals surface area contributed by atoms with E-state index in [2.05, 4.69) is 15.8 Å². The summed E-state index contributed by atoms with van der Waals surface area (Å²) >= 11 is 0. The molecule has 0 aliphatic heterocycles. The molecule has 2 heterocycles. The molecule has 156 valence electrons. The number of benzene rings is 2. The maximum absolute atomic E-state index is 12.2. The molecule has 2 amide bonds. The van der Waals surface area contributed by atoms with E-state index in [1.807, 2.05) is 66.2 Å². The summed E-state index contributed by atoms with van der Waals surface area (Å²) < 4.78 is 7.75. The van der Waals surface area contributed by atoms with Crippen LogP contribution in [0.1, 0.15) is 27.2 Å². The minimum atomic E-state index is -0.399. The molecule has 0 saturated carbocycles. The number of pyridine rings is 1. The van der Waals surface area contributed by atoms with Gasteiger partial charge in [0.2, 0.25) is 5.91 Å². The third kappa shape index (κ3) is 5.08. The average Bonchev–Trinajstić information content (AvgIpc) is 3.22. The van der Waals surface area contributed by atoms with Gasteiger partial charge in [-0.25, -0.2) is 4.98 Å². The molecule has 0 aliphatic rings. The lowest BCUT2D eigenvalue weighted by Gasteiger charge is -2.08. The number of carbonyl (C=O) groups excluding carboxylic acids is 2. The molecule has 0 unspecified atom stereocenters. The maximum atomic E-state index is 12.2. The second kappa shape index (κ2) is 9.13. The second-order valence-electron chi connectivity index (χ2n) is 7.13. The molecular weight excluding hydrogens is 392 g/mol. The van der Waals surface area contributed by atoms with E-state index in [1.54, 1.807) is 24.3 Å². The molecule has 0 aliphatic carbocycles. The summed E-state index contributed by atoms with van der Waals surface area (Å²) in [6, 6.07) is 20.0. The Bertz CT molecular complexity index is 1200. The zero-order chi connectivity index (χ0) is 21.6. The summed E-state index contributed by atoms with van der Waals surface area (Å²) in [4.78, 5) is 28.8. The Kier molecular flexibility index (Phi) is 5.93. The lowest BCUT2D eigenvalue weighted by Crippen LogP contribution is -2.42. The Morgan fingerprint density at radius 2 is 1.74 bits per heavy atom. The van der Waals surface area contributed by atoms with Gasteiger partial charge in [-0.05, 0) is 48.4 Å². The Hall–Kier alpha value is -4.13. The molecule has 31 heavy (non-hydrogen) atoms. The van der Waals surface area contributed by atoms with Crippen molar-refractivity contribution in [3.63, 3.8) is 0 Å². The van der Waals surface area contributed by atoms with Gasteiger partial charge in [0.15, 0.2) is 0 Å². The zero-order valence-corrected chi connectivity index (χ0v) is 17.0.